The number of benzene rings is 1. The molecule has 1 aromatic heterocycles. The van der Waals surface area contributed by atoms with Crippen LogP contribution < -0.4 is 4.90 Å². The topological polar surface area (TPSA) is 63.4 Å². The molecule has 0 N–H and O–H groups in total. The van der Waals surface area contributed by atoms with Gasteiger partial charge in [0.15, 0.2) is 10.8 Å². The molecule has 1 aliphatic heterocycles. The second-order valence-electron chi connectivity index (χ2n) is 4.64. The standard InChI is InChI=1S/C14H12N2O3S/c1-9(17)13-8-12(16(18)19)14(20-13)15-7-6-10-4-2-3-5-11(10)15/h2-5,8H,6-7H2,1H3. The van der Waals surface area contributed by atoms with Crippen LogP contribution in [0, 0.1) is 10.1 Å². The van der Waals surface area contributed by atoms with E-state index in [1.165, 1.54) is 29.9 Å². The molecule has 0 atom stereocenters. The number of carbonyl (C=O) groups is 1. The summed E-state index contributed by atoms with van der Waals surface area (Å²) in [5.41, 5.74) is 2.18. The van der Waals surface area contributed by atoms with Gasteiger partial charge in [0, 0.05) is 18.3 Å². The first kappa shape index (κ1) is 12.8. The predicted molar refractivity (Wildman–Crippen MR) is 78.1 cm³/mol. The summed E-state index contributed by atoms with van der Waals surface area (Å²) in [6.07, 6.45) is 0.862. The minimum Gasteiger partial charge on any atom is -0.327 e. The van der Waals surface area contributed by atoms with Crippen LogP contribution in [0.25, 0.3) is 0 Å². The molecule has 1 aromatic carbocycles. The Balaban J connectivity index is 2.11. The van der Waals surface area contributed by atoms with E-state index in [0.717, 1.165) is 12.1 Å². The molecule has 102 valence electrons. The van der Waals surface area contributed by atoms with Crippen molar-refractivity contribution in [3.05, 3.63) is 50.9 Å². The number of hydrogen-bond acceptors (Lipinski definition) is 5. The van der Waals surface area contributed by atoms with Gasteiger partial charge in [-0.05, 0) is 25.0 Å². The number of anilines is 2. The van der Waals surface area contributed by atoms with Crippen molar-refractivity contribution in [3.8, 4) is 0 Å². The number of ketones is 1. The Kier molecular flexibility index (Phi) is 3.02. The van der Waals surface area contributed by atoms with Gasteiger partial charge in [0.2, 0.25) is 0 Å². The maximum absolute atomic E-state index is 11.5. The van der Waals surface area contributed by atoms with E-state index in [1.54, 1.807) is 0 Å². The molecule has 1 aliphatic rings. The van der Waals surface area contributed by atoms with Gasteiger partial charge in [-0.25, -0.2) is 0 Å². The normalized spacial score (nSPS) is 13.3. The van der Waals surface area contributed by atoms with Crippen LogP contribution in [0.3, 0.4) is 0 Å². The van der Waals surface area contributed by atoms with Crippen LogP contribution in [0.15, 0.2) is 30.3 Å². The van der Waals surface area contributed by atoms with Crippen LogP contribution >= 0.6 is 11.3 Å². The maximum atomic E-state index is 11.5. The number of carbonyl (C=O) groups excluding carboxylic acids is 1. The molecule has 0 bridgehead atoms. The fourth-order valence-corrected chi connectivity index (χ4v) is 3.48. The molecule has 0 aliphatic carbocycles. The van der Waals surface area contributed by atoms with Crippen LogP contribution in [-0.2, 0) is 6.42 Å². The fraction of sp³-hybridized carbons (Fsp3) is 0.214. The molecule has 5 nitrogen and oxygen atoms in total. The van der Waals surface area contributed by atoms with Gasteiger partial charge in [0.1, 0.15) is 0 Å². The Morgan fingerprint density at radius 3 is 2.85 bits per heavy atom. The van der Waals surface area contributed by atoms with E-state index in [9.17, 15) is 14.9 Å². The van der Waals surface area contributed by atoms with Crippen molar-refractivity contribution in [1.82, 2.24) is 0 Å². The number of para-hydroxylation sites is 1. The zero-order chi connectivity index (χ0) is 14.3. The molecular formula is C14H12N2O3S. The highest BCUT2D eigenvalue weighted by atomic mass is 32.1. The van der Waals surface area contributed by atoms with E-state index in [0.29, 0.717) is 16.4 Å². The van der Waals surface area contributed by atoms with Crippen molar-refractivity contribution in [3.63, 3.8) is 0 Å². The first-order valence-corrected chi connectivity index (χ1v) is 7.04. The van der Waals surface area contributed by atoms with E-state index in [1.807, 2.05) is 29.2 Å². The molecule has 20 heavy (non-hydrogen) atoms. The van der Waals surface area contributed by atoms with Gasteiger partial charge in [0.25, 0.3) is 0 Å². The number of fused-ring (bicyclic) bond motifs is 1. The summed E-state index contributed by atoms with van der Waals surface area (Å²) in [7, 11) is 0. The molecule has 2 aromatic rings. The Labute approximate surface area is 119 Å². The molecule has 2 heterocycles. The molecule has 0 saturated heterocycles. The summed E-state index contributed by atoms with van der Waals surface area (Å²) in [4.78, 5) is 24.6. The summed E-state index contributed by atoms with van der Waals surface area (Å²) in [5, 5.41) is 11.7. The smallest absolute Gasteiger partial charge is 0.304 e. The summed E-state index contributed by atoms with van der Waals surface area (Å²) < 4.78 is 0. The quantitative estimate of drug-likeness (QED) is 0.492. The van der Waals surface area contributed by atoms with Crippen molar-refractivity contribution in [2.24, 2.45) is 0 Å². The third kappa shape index (κ3) is 1.98. The first-order chi connectivity index (χ1) is 9.58. The Bertz CT molecular complexity index is 708. The second kappa shape index (κ2) is 4.72. The number of nitro groups is 1. The lowest BCUT2D eigenvalue weighted by atomic mass is 10.2. The monoisotopic (exact) mass is 288 g/mol. The zero-order valence-electron chi connectivity index (χ0n) is 10.8. The Morgan fingerprint density at radius 1 is 1.40 bits per heavy atom. The summed E-state index contributed by atoms with van der Waals surface area (Å²) in [5.74, 6) is -0.142. The molecule has 0 radical (unpaired) electrons. The van der Waals surface area contributed by atoms with Crippen molar-refractivity contribution in [1.29, 1.82) is 0 Å². The van der Waals surface area contributed by atoms with Gasteiger partial charge in [0.05, 0.1) is 9.80 Å². The molecule has 3 rings (SSSR count). The highest BCUT2D eigenvalue weighted by molar-refractivity contribution is 7.18. The third-order valence-corrected chi connectivity index (χ3v) is 4.62. The van der Waals surface area contributed by atoms with Crippen molar-refractivity contribution < 1.29 is 9.72 Å². The molecule has 0 amide bonds. The second-order valence-corrected chi connectivity index (χ2v) is 5.68. The molecular weight excluding hydrogens is 276 g/mol. The fourth-order valence-electron chi connectivity index (χ4n) is 2.42. The van der Waals surface area contributed by atoms with Crippen LogP contribution in [0.5, 0.6) is 0 Å². The van der Waals surface area contributed by atoms with Gasteiger partial charge < -0.3 is 4.90 Å². The lowest BCUT2D eigenvalue weighted by molar-refractivity contribution is -0.383. The minimum atomic E-state index is -0.417. The van der Waals surface area contributed by atoms with Crippen LogP contribution in [-0.4, -0.2) is 17.3 Å². The van der Waals surface area contributed by atoms with Gasteiger partial charge in [-0.1, -0.05) is 18.2 Å². The minimum absolute atomic E-state index is 0.0110. The Hall–Kier alpha value is -2.21. The van der Waals surface area contributed by atoms with Crippen molar-refractivity contribution in [2.45, 2.75) is 13.3 Å². The van der Waals surface area contributed by atoms with E-state index in [4.69, 9.17) is 0 Å². The maximum Gasteiger partial charge on any atom is 0.304 e. The number of rotatable bonds is 3. The van der Waals surface area contributed by atoms with Crippen LogP contribution in [0.2, 0.25) is 0 Å². The highest BCUT2D eigenvalue weighted by Crippen LogP contribution is 2.44. The molecule has 0 spiro atoms. The Morgan fingerprint density at radius 2 is 2.15 bits per heavy atom. The molecule has 0 fully saturated rings. The van der Waals surface area contributed by atoms with Gasteiger partial charge in [-0.2, -0.15) is 0 Å². The lowest BCUT2D eigenvalue weighted by Crippen LogP contribution is -2.12. The van der Waals surface area contributed by atoms with Gasteiger partial charge in [-0.3, -0.25) is 14.9 Å². The lowest BCUT2D eigenvalue weighted by Gasteiger charge is -2.16. The molecule has 0 unspecified atom stereocenters. The summed E-state index contributed by atoms with van der Waals surface area (Å²) >= 11 is 1.19. The zero-order valence-corrected chi connectivity index (χ0v) is 11.6. The van der Waals surface area contributed by atoms with E-state index in [-0.39, 0.29) is 11.5 Å². The number of hydrogen-bond donors (Lipinski definition) is 0. The predicted octanol–water partition coefficient (Wildman–Crippen LogP) is 3.55. The van der Waals surface area contributed by atoms with Crippen LogP contribution in [0.4, 0.5) is 16.4 Å². The number of nitrogens with zero attached hydrogens (tertiary/aromatic N) is 2. The van der Waals surface area contributed by atoms with E-state index < -0.39 is 4.92 Å². The first-order valence-electron chi connectivity index (χ1n) is 6.22. The molecule has 0 saturated carbocycles. The SMILES string of the molecule is CC(=O)c1cc([N+](=O)[O-])c(N2CCc3ccccc32)s1. The third-order valence-electron chi connectivity index (χ3n) is 3.37. The molecule has 6 heteroatoms. The number of thiophene rings is 1. The van der Waals surface area contributed by atoms with Gasteiger partial charge in [-0.15, -0.1) is 11.3 Å². The average Bonchev–Trinajstić information content (AvgIpc) is 3.02. The van der Waals surface area contributed by atoms with E-state index >= 15 is 0 Å². The largest absolute Gasteiger partial charge is 0.327 e. The summed E-state index contributed by atoms with van der Waals surface area (Å²) in [6.45, 7) is 2.13. The van der Waals surface area contributed by atoms with Gasteiger partial charge >= 0.3 is 5.69 Å². The van der Waals surface area contributed by atoms with Crippen molar-refractivity contribution >= 4 is 33.5 Å². The number of Topliss-reactive ketones (excluding diaryl/α,β-unsaturated/α-hetero) is 1. The van der Waals surface area contributed by atoms with E-state index in [2.05, 4.69) is 0 Å². The highest BCUT2D eigenvalue weighted by Gasteiger charge is 2.29. The average molecular weight is 288 g/mol. The van der Waals surface area contributed by atoms with Crippen LogP contribution in [0.1, 0.15) is 22.2 Å². The van der Waals surface area contributed by atoms with Crippen molar-refractivity contribution in [2.75, 3.05) is 11.4 Å². The summed E-state index contributed by atoms with van der Waals surface area (Å²) in [6, 6.07) is 9.25.